The molecule has 0 N–H and O–H groups in total. The van der Waals surface area contributed by atoms with Crippen LogP contribution in [0.2, 0.25) is 0 Å². The largest absolute Gasteiger partial charge is 0.497 e. The summed E-state index contributed by atoms with van der Waals surface area (Å²) in [7, 11) is 1.56. The molecule has 0 unspecified atom stereocenters. The predicted octanol–water partition coefficient (Wildman–Crippen LogP) is 4.88. The smallest absolute Gasteiger partial charge is 0.416 e. The number of benzene rings is 2. The molecule has 0 fully saturated rings. The number of halogens is 3. The minimum atomic E-state index is -4.35. The zero-order chi connectivity index (χ0) is 14.6. The number of hydrogen-bond acceptors (Lipinski definition) is 1. The van der Waals surface area contributed by atoms with Gasteiger partial charge in [-0.3, -0.25) is 0 Å². The van der Waals surface area contributed by atoms with Crippen molar-refractivity contribution in [2.75, 3.05) is 7.11 Å². The fourth-order valence-corrected chi connectivity index (χ4v) is 1.80. The van der Waals surface area contributed by atoms with Gasteiger partial charge < -0.3 is 4.74 Å². The highest BCUT2D eigenvalue weighted by molar-refractivity contribution is 5.71. The first-order valence-corrected chi connectivity index (χ1v) is 5.99. The summed E-state index contributed by atoms with van der Waals surface area (Å²) in [5, 5.41) is 0. The van der Waals surface area contributed by atoms with Crippen molar-refractivity contribution in [2.45, 2.75) is 6.18 Å². The zero-order valence-electron chi connectivity index (χ0n) is 10.8. The lowest BCUT2D eigenvalue weighted by molar-refractivity contribution is -0.137. The molecule has 0 heterocycles. The Balaban J connectivity index is 2.27. The number of ether oxygens (including phenoxy) is 1. The summed E-state index contributed by atoms with van der Waals surface area (Å²) in [6.07, 6.45) is -1.24. The normalized spacial score (nSPS) is 11.8. The van der Waals surface area contributed by atoms with Crippen LogP contribution in [0.4, 0.5) is 13.2 Å². The van der Waals surface area contributed by atoms with Crippen molar-refractivity contribution in [1.82, 2.24) is 0 Å². The monoisotopic (exact) mass is 278 g/mol. The summed E-state index contributed by atoms with van der Waals surface area (Å²) >= 11 is 0. The van der Waals surface area contributed by atoms with Gasteiger partial charge in [0.2, 0.25) is 0 Å². The molecule has 0 saturated carbocycles. The third-order valence-electron chi connectivity index (χ3n) is 2.84. The maximum Gasteiger partial charge on any atom is 0.416 e. The van der Waals surface area contributed by atoms with Crippen LogP contribution in [0.1, 0.15) is 16.7 Å². The summed E-state index contributed by atoms with van der Waals surface area (Å²) in [6.45, 7) is 0. The van der Waals surface area contributed by atoms with Gasteiger partial charge in [0.25, 0.3) is 0 Å². The van der Waals surface area contributed by atoms with E-state index < -0.39 is 11.7 Å². The van der Waals surface area contributed by atoms with E-state index in [1.807, 2.05) is 0 Å². The first kappa shape index (κ1) is 14.2. The van der Waals surface area contributed by atoms with Crippen molar-refractivity contribution >= 4 is 12.2 Å². The van der Waals surface area contributed by atoms with Crippen LogP contribution >= 0.6 is 0 Å². The van der Waals surface area contributed by atoms with E-state index in [4.69, 9.17) is 4.74 Å². The van der Waals surface area contributed by atoms with Crippen molar-refractivity contribution in [3.63, 3.8) is 0 Å². The van der Waals surface area contributed by atoms with Crippen LogP contribution in [0.25, 0.3) is 12.2 Å². The first-order valence-electron chi connectivity index (χ1n) is 5.99. The third kappa shape index (κ3) is 3.41. The van der Waals surface area contributed by atoms with E-state index in [1.165, 1.54) is 18.2 Å². The topological polar surface area (TPSA) is 9.23 Å². The van der Waals surface area contributed by atoms with Gasteiger partial charge in [0.15, 0.2) is 0 Å². The molecule has 2 aromatic carbocycles. The molecule has 0 aliphatic heterocycles. The quantitative estimate of drug-likeness (QED) is 0.727. The molecule has 0 atom stereocenters. The van der Waals surface area contributed by atoms with Crippen molar-refractivity contribution < 1.29 is 17.9 Å². The lowest BCUT2D eigenvalue weighted by atomic mass is 10.1. The Labute approximate surface area is 115 Å². The average molecular weight is 278 g/mol. The Morgan fingerprint density at radius 1 is 0.900 bits per heavy atom. The van der Waals surface area contributed by atoms with E-state index in [2.05, 4.69) is 0 Å². The van der Waals surface area contributed by atoms with Crippen molar-refractivity contribution in [3.8, 4) is 5.75 Å². The van der Waals surface area contributed by atoms with E-state index in [0.717, 1.165) is 11.6 Å². The second-order valence-electron chi connectivity index (χ2n) is 4.19. The lowest BCUT2D eigenvalue weighted by Gasteiger charge is -2.09. The van der Waals surface area contributed by atoms with Crippen molar-refractivity contribution in [1.29, 1.82) is 0 Å². The van der Waals surface area contributed by atoms with Gasteiger partial charge in [-0.25, -0.2) is 0 Å². The Hall–Kier alpha value is -2.23. The van der Waals surface area contributed by atoms with Gasteiger partial charge in [-0.05, 0) is 29.3 Å². The summed E-state index contributed by atoms with van der Waals surface area (Å²) in [4.78, 5) is 0. The molecule has 0 saturated heterocycles. The van der Waals surface area contributed by atoms with Crippen LogP contribution in [-0.2, 0) is 6.18 Å². The maximum absolute atomic E-state index is 12.8. The van der Waals surface area contributed by atoms with E-state index >= 15 is 0 Å². The van der Waals surface area contributed by atoms with Crippen LogP contribution in [0, 0.1) is 0 Å². The molecule has 0 radical (unpaired) electrons. The average Bonchev–Trinajstić information content (AvgIpc) is 2.45. The Bertz CT molecular complexity index is 598. The summed E-state index contributed by atoms with van der Waals surface area (Å²) < 4.78 is 43.5. The number of methoxy groups -OCH3 is 1. The SMILES string of the molecule is COc1ccc(/C=C/c2ccccc2C(F)(F)F)cc1. The van der Waals surface area contributed by atoms with Crippen LogP contribution < -0.4 is 4.74 Å². The second-order valence-corrected chi connectivity index (χ2v) is 4.19. The molecule has 20 heavy (non-hydrogen) atoms. The maximum atomic E-state index is 12.8. The molecule has 2 rings (SSSR count). The highest BCUT2D eigenvalue weighted by Gasteiger charge is 2.32. The van der Waals surface area contributed by atoms with E-state index in [0.29, 0.717) is 5.75 Å². The predicted molar refractivity (Wildman–Crippen MR) is 73.4 cm³/mol. The molecule has 104 valence electrons. The molecule has 0 spiro atoms. The standard InChI is InChI=1S/C16H13F3O/c1-20-14-10-7-12(8-11-14)6-9-13-4-2-3-5-15(13)16(17,18)19/h2-11H,1H3/b9-6+. The molecule has 0 aromatic heterocycles. The van der Waals surface area contributed by atoms with Gasteiger partial charge in [0.05, 0.1) is 12.7 Å². The minimum absolute atomic E-state index is 0.149. The number of rotatable bonds is 3. The summed E-state index contributed by atoms with van der Waals surface area (Å²) in [5.41, 5.74) is 0.323. The molecular formula is C16H13F3O. The van der Waals surface area contributed by atoms with Gasteiger partial charge in [-0.1, -0.05) is 42.5 Å². The minimum Gasteiger partial charge on any atom is -0.497 e. The van der Waals surface area contributed by atoms with Crippen LogP contribution in [0.5, 0.6) is 5.75 Å². The van der Waals surface area contributed by atoms with Crippen LogP contribution in [-0.4, -0.2) is 7.11 Å². The molecular weight excluding hydrogens is 265 g/mol. The summed E-state index contributed by atoms with van der Waals surface area (Å²) in [6, 6.07) is 12.6. The molecule has 1 nitrogen and oxygen atoms in total. The van der Waals surface area contributed by atoms with E-state index in [1.54, 1.807) is 43.5 Å². The molecule has 2 aromatic rings. The Kier molecular flexibility index (Phi) is 4.13. The zero-order valence-corrected chi connectivity index (χ0v) is 10.8. The fourth-order valence-electron chi connectivity index (χ4n) is 1.80. The first-order chi connectivity index (χ1) is 9.50. The molecule has 0 amide bonds. The number of hydrogen-bond donors (Lipinski definition) is 0. The number of alkyl halides is 3. The van der Waals surface area contributed by atoms with E-state index in [9.17, 15) is 13.2 Å². The van der Waals surface area contributed by atoms with Gasteiger partial charge >= 0.3 is 6.18 Å². The van der Waals surface area contributed by atoms with E-state index in [-0.39, 0.29) is 5.56 Å². The summed E-state index contributed by atoms with van der Waals surface area (Å²) in [5.74, 6) is 0.706. The van der Waals surface area contributed by atoms with Crippen molar-refractivity contribution in [3.05, 3.63) is 65.2 Å². The fraction of sp³-hybridized carbons (Fsp3) is 0.125. The van der Waals surface area contributed by atoms with Gasteiger partial charge in [-0.15, -0.1) is 0 Å². The second kappa shape index (κ2) is 5.82. The Morgan fingerprint density at radius 3 is 2.15 bits per heavy atom. The molecule has 4 heteroatoms. The van der Waals surface area contributed by atoms with Gasteiger partial charge in [-0.2, -0.15) is 13.2 Å². The lowest BCUT2D eigenvalue weighted by Crippen LogP contribution is -2.06. The van der Waals surface area contributed by atoms with Gasteiger partial charge in [0.1, 0.15) is 5.75 Å². The highest BCUT2D eigenvalue weighted by Crippen LogP contribution is 2.32. The molecule has 0 aliphatic carbocycles. The van der Waals surface area contributed by atoms with Crippen molar-refractivity contribution in [2.24, 2.45) is 0 Å². The molecule has 0 bridgehead atoms. The molecule has 0 aliphatic rings. The third-order valence-corrected chi connectivity index (χ3v) is 2.84. The van der Waals surface area contributed by atoms with Gasteiger partial charge in [0, 0.05) is 0 Å². The Morgan fingerprint density at radius 2 is 1.55 bits per heavy atom. The van der Waals surface area contributed by atoms with Crippen LogP contribution in [0.3, 0.4) is 0 Å². The van der Waals surface area contributed by atoms with Crippen LogP contribution in [0.15, 0.2) is 48.5 Å². The highest BCUT2D eigenvalue weighted by atomic mass is 19.4.